The van der Waals surface area contributed by atoms with Gasteiger partial charge >= 0.3 is 0 Å². The largest absolute Gasteiger partial charge is 0.496 e. The second-order valence-corrected chi connectivity index (χ2v) is 9.74. The molecule has 10 atom stereocenters. The molecule has 1 aromatic rings. The second kappa shape index (κ2) is 10.5. The van der Waals surface area contributed by atoms with E-state index in [4.69, 9.17) is 18.9 Å². The van der Waals surface area contributed by atoms with Crippen LogP contribution in [-0.2, 0) is 20.6 Å². The Morgan fingerprint density at radius 1 is 1.03 bits per heavy atom. The Kier molecular flexibility index (Phi) is 8.04. The summed E-state index contributed by atoms with van der Waals surface area (Å²) in [5.74, 6) is -1.44. The van der Waals surface area contributed by atoms with Gasteiger partial charge in [0.2, 0.25) is 12.1 Å². The van der Waals surface area contributed by atoms with E-state index in [1.807, 2.05) is 24.3 Å². The lowest BCUT2D eigenvalue weighted by molar-refractivity contribution is -0.482. The van der Waals surface area contributed by atoms with E-state index >= 15 is 0 Å². The maximum Gasteiger partial charge on any atom is 0.249 e. The van der Waals surface area contributed by atoms with Crippen molar-refractivity contribution in [3.8, 4) is 5.75 Å². The highest BCUT2D eigenvalue weighted by atomic mass is 16.8. The van der Waals surface area contributed by atoms with Crippen LogP contribution in [0.3, 0.4) is 0 Å². The molecular formula is C24H39N3O8. The first-order chi connectivity index (χ1) is 16.7. The number of aliphatic hydroxyl groups is 4. The van der Waals surface area contributed by atoms with Crippen LogP contribution in [-0.4, -0.2) is 115 Å². The fraction of sp³-hybridized carbons (Fsp3) is 0.750. The Morgan fingerprint density at radius 3 is 2.43 bits per heavy atom. The zero-order chi connectivity index (χ0) is 25.4. The van der Waals surface area contributed by atoms with Gasteiger partial charge in [-0.25, -0.2) is 0 Å². The zero-order valence-electron chi connectivity index (χ0n) is 20.7. The standard InChI is InChI=1S/C24H39N3O8/c1-13-11-23(30,12-27-10-9-14-7-5-6-8-15(14)32-4)24(31)22(33-13)34-21-19(29)16(25-2)18(28)17(26-3)20(21)35-24/h5-8,13,16-22,25-31H,9-12H2,1-4H3/t13-,16-,17+,18+,19+,20-,21-,22+,23-,24-/m1/s1. The van der Waals surface area contributed by atoms with Crippen LogP contribution < -0.4 is 20.7 Å². The molecule has 0 spiro atoms. The van der Waals surface area contributed by atoms with Gasteiger partial charge in [0.15, 0.2) is 0 Å². The van der Waals surface area contributed by atoms with E-state index in [9.17, 15) is 20.4 Å². The highest BCUT2D eigenvalue weighted by Gasteiger charge is 2.68. The van der Waals surface area contributed by atoms with Crippen LogP contribution in [0.2, 0.25) is 0 Å². The summed E-state index contributed by atoms with van der Waals surface area (Å²) in [5.41, 5.74) is -0.734. The maximum atomic E-state index is 11.7. The monoisotopic (exact) mass is 497 g/mol. The third kappa shape index (κ3) is 4.71. The van der Waals surface area contributed by atoms with Gasteiger partial charge in [-0.05, 0) is 45.6 Å². The average Bonchev–Trinajstić information content (AvgIpc) is 2.83. The Morgan fingerprint density at radius 2 is 1.74 bits per heavy atom. The molecule has 1 aromatic carbocycles. The normalized spacial score (nSPS) is 43.3. The molecule has 2 saturated heterocycles. The number of methoxy groups -OCH3 is 1. The quantitative estimate of drug-likeness (QED) is 0.201. The van der Waals surface area contributed by atoms with Gasteiger partial charge in [0.1, 0.15) is 29.7 Å². The number of rotatable bonds is 8. The molecule has 7 N–H and O–H groups in total. The number of benzene rings is 1. The third-order valence-electron chi connectivity index (χ3n) is 7.53. The van der Waals surface area contributed by atoms with Crippen molar-refractivity contribution in [3.63, 3.8) is 0 Å². The fourth-order valence-electron chi connectivity index (χ4n) is 5.66. The SMILES string of the molecule is CN[C@@H]1[C@H](O)[C@H](NC)[C@H]2O[C@]3(O)[C@H](O[C@@H]2[C@H]1O)O[C@H](C)C[C@@]3(O)CNCCc1ccccc1OC. The van der Waals surface area contributed by atoms with Gasteiger partial charge in [0, 0.05) is 13.0 Å². The number of hydrogen-bond donors (Lipinski definition) is 7. The highest BCUT2D eigenvalue weighted by Crippen LogP contribution is 2.46. The van der Waals surface area contributed by atoms with Gasteiger partial charge in [-0.2, -0.15) is 0 Å². The molecule has 0 unspecified atom stereocenters. The Hall–Kier alpha value is -1.38. The van der Waals surface area contributed by atoms with Gasteiger partial charge in [0.25, 0.3) is 0 Å². The topological polar surface area (TPSA) is 154 Å². The molecule has 198 valence electrons. The van der Waals surface area contributed by atoms with Crippen molar-refractivity contribution in [3.05, 3.63) is 29.8 Å². The van der Waals surface area contributed by atoms with E-state index in [-0.39, 0.29) is 13.0 Å². The molecular weight excluding hydrogens is 458 g/mol. The molecule has 4 rings (SSSR count). The molecule has 3 aliphatic rings. The summed E-state index contributed by atoms with van der Waals surface area (Å²) < 4.78 is 23.4. The number of likely N-dealkylation sites (N-methyl/N-ethyl adjacent to an activating group) is 2. The molecule has 0 aromatic heterocycles. The summed E-state index contributed by atoms with van der Waals surface area (Å²) in [4.78, 5) is 0. The van der Waals surface area contributed by atoms with Crippen LogP contribution in [0.15, 0.2) is 24.3 Å². The molecule has 0 amide bonds. The number of nitrogens with one attached hydrogen (secondary N) is 3. The Labute approximate surface area is 205 Å². The van der Waals surface area contributed by atoms with Crippen LogP contribution in [0.4, 0.5) is 0 Å². The summed E-state index contributed by atoms with van der Waals surface area (Å²) in [6, 6.07) is 6.36. The van der Waals surface area contributed by atoms with Crippen molar-refractivity contribution < 1.29 is 39.4 Å². The predicted octanol–water partition coefficient (Wildman–Crippen LogP) is -1.92. The minimum Gasteiger partial charge on any atom is -0.496 e. The van der Waals surface area contributed by atoms with Crippen molar-refractivity contribution in [1.82, 2.24) is 16.0 Å². The van der Waals surface area contributed by atoms with Gasteiger partial charge in [-0.15, -0.1) is 0 Å². The number of para-hydroxylation sites is 1. The lowest BCUT2D eigenvalue weighted by Crippen LogP contribution is -2.81. The van der Waals surface area contributed by atoms with Crippen LogP contribution in [0.25, 0.3) is 0 Å². The summed E-state index contributed by atoms with van der Waals surface area (Å²) in [6.45, 7) is 2.31. The molecule has 2 aliphatic heterocycles. The average molecular weight is 498 g/mol. The first-order valence-corrected chi connectivity index (χ1v) is 12.2. The minimum absolute atomic E-state index is 0.0120. The molecule has 11 nitrogen and oxygen atoms in total. The van der Waals surface area contributed by atoms with Crippen molar-refractivity contribution in [2.24, 2.45) is 0 Å². The van der Waals surface area contributed by atoms with Crippen molar-refractivity contribution in [1.29, 1.82) is 0 Å². The molecule has 1 saturated carbocycles. The summed E-state index contributed by atoms with van der Waals surface area (Å²) in [5, 5.41) is 54.2. The highest BCUT2D eigenvalue weighted by molar-refractivity contribution is 5.33. The number of fused-ring (bicyclic) bond motifs is 2. The van der Waals surface area contributed by atoms with Crippen LogP contribution >= 0.6 is 0 Å². The summed E-state index contributed by atoms with van der Waals surface area (Å²) in [6.07, 6.45) is -5.00. The van der Waals surface area contributed by atoms with E-state index in [1.54, 1.807) is 28.1 Å². The van der Waals surface area contributed by atoms with Crippen molar-refractivity contribution in [2.75, 3.05) is 34.3 Å². The van der Waals surface area contributed by atoms with Crippen molar-refractivity contribution in [2.45, 2.75) is 80.0 Å². The van der Waals surface area contributed by atoms with Gasteiger partial charge < -0.3 is 55.3 Å². The first-order valence-electron chi connectivity index (χ1n) is 12.2. The van der Waals surface area contributed by atoms with E-state index < -0.39 is 60.3 Å². The molecule has 3 fully saturated rings. The summed E-state index contributed by atoms with van der Waals surface area (Å²) in [7, 11) is 4.91. The van der Waals surface area contributed by atoms with E-state index in [2.05, 4.69) is 16.0 Å². The van der Waals surface area contributed by atoms with Gasteiger partial charge in [0.05, 0.1) is 31.4 Å². The summed E-state index contributed by atoms with van der Waals surface area (Å²) >= 11 is 0. The number of aliphatic hydroxyl groups excluding tert-OH is 2. The zero-order valence-corrected chi connectivity index (χ0v) is 20.7. The molecule has 2 heterocycles. The molecule has 35 heavy (non-hydrogen) atoms. The lowest BCUT2D eigenvalue weighted by Gasteiger charge is -2.60. The second-order valence-electron chi connectivity index (χ2n) is 9.74. The van der Waals surface area contributed by atoms with Gasteiger partial charge in [-0.3, -0.25) is 0 Å². The smallest absolute Gasteiger partial charge is 0.249 e. The van der Waals surface area contributed by atoms with Crippen LogP contribution in [0, 0.1) is 0 Å². The fourth-order valence-corrected chi connectivity index (χ4v) is 5.66. The molecule has 0 bridgehead atoms. The number of hydrogen-bond acceptors (Lipinski definition) is 11. The lowest BCUT2D eigenvalue weighted by atomic mass is 9.77. The van der Waals surface area contributed by atoms with E-state index in [1.165, 1.54) is 0 Å². The molecule has 0 radical (unpaired) electrons. The Balaban J connectivity index is 1.51. The van der Waals surface area contributed by atoms with Crippen LogP contribution in [0.1, 0.15) is 18.9 Å². The van der Waals surface area contributed by atoms with E-state index in [0.717, 1.165) is 11.3 Å². The van der Waals surface area contributed by atoms with Crippen LogP contribution in [0.5, 0.6) is 5.75 Å². The molecule has 11 heteroatoms. The molecule has 1 aliphatic carbocycles. The van der Waals surface area contributed by atoms with Crippen molar-refractivity contribution >= 4 is 0 Å². The third-order valence-corrected chi connectivity index (χ3v) is 7.53. The van der Waals surface area contributed by atoms with Gasteiger partial charge in [-0.1, -0.05) is 18.2 Å². The minimum atomic E-state index is -2.22. The van der Waals surface area contributed by atoms with E-state index in [0.29, 0.717) is 13.0 Å². The predicted molar refractivity (Wildman–Crippen MR) is 126 cm³/mol. The number of ether oxygens (including phenoxy) is 4. The maximum absolute atomic E-state index is 11.7. The first kappa shape index (κ1) is 26.7. The Bertz CT molecular complexity index is 864.